The van der Waals surface area contributed by atoms with Gasteiger partial charge in [0.25, 0.3) is 11.5 Å². The highest BCUT2D eigenvalue weighted by molar-refractivity contribution is 5.99. The number of amides is 3. The smallest absolute Gasteiger partial charge is 0.411 e. The molecule has 2 atom stereocenters. The van der Waals surface area contributed by atoms with Gasteiger partial charge >= 0.3 is 6.09 Å². The predicted molar refractivity (Wildman–Crippen MR) is 179 cm³/mol. The number of carbonyl (C=O) groups excluding carboxylic acids is 2. The first-order chi connectivity index (χ1) is 23.1. The number of carbonyl (C=O) groups is 3. The van der Waals surface area contributed by atoms with Gasteiger partial charge in [0.1, 0.15) is 12.0 Å². The van der Waals surface area contributed by atoms with E-state index in [4.69, 9.17) is 0 Å². The number of likely N-dealkylation sites (tertiary alicyclic amines) is 2. The van der Waals surface area contributed by atoms with Crippen LogP contribution in [0.25, 0.3) is 11.0 Å². The van der Waals surface area contributed by atoms with E-state index in [1.807, 2.05) is 42.3 Å². The molecule has 7 rings (SSSR count). The van der Waals surface area contributed by atoms with Crippen LogP contribution < -0.4 is 15.8 Å². The first-order valence-electron chi connectivity index (χ1n) is 16.4. The van der Waals surface area contributed by atoms with Crippen molar-refractivity contribution in [2.24, 2.45) is 13.0 Å². The fourth-order valence-electron chi connectivity index (χ4n) is 7.46. The van der Waals surface area contributed by atoms with Crippen molar-refractivity contribution in [3.05, 3.63) is 88.6 Å². The molecule has 5 heterocycles. The fraction of sp³-hybridized carbons (Fsp3) is 0.400. The highest BCUT2D eigenvalue weighted by Crippen LogP contribution is 2.37. The van der Waals surface area contributed by atoms with Gasteiger partial charge in [0.05, 0.1) is 28.9 Å². The van der Waals surface area contributed by atoms with Crippen LogP contribution in [0.1, 0.15) is 41.1 Å². The van der Waals surface area contributed by atoms with Crippen molar-refractivity contribution in [2.75, 3.05) is 49.5 Å². The average Bonchev–Trinajstić information content (AvgIpc) is 3.49. The Morgan fingerprint density at radius 1 is 1.00 bits per heavy atom. The largest absolute Gasteiger partial charge is 0.465 e. The molecule has 2 fully saturated rings. The molecule has 3 N–H and O–H groups in total. The van der Waals surface area contributed by atoms with Crippen molar-refractivity contribution in [3.63, 3.8) is 0 Å². The molecule has 3 amide bonds. The average molecular weight is 654 g/mol. The second-order valence-corrected chi connectivity index (χ2v) is 13.1. The molecule has 0 spiro atoms. The third-order valence-electron chi connectivity index (χ3n) is 10.2. The van der Waals surface area contributed by atoms with Gasteiger partial charge in [0, 0.05) is 69.9 Å². The van der Waals surface area contributed by atoms with E-state index in [1.54, 1.807) is 39.9 Å². The summed E-state index contributed by atoms with van der Waals surface area (Å²) in [4.78, 5) is 62.1. The third-order valence-corrected chi connectivity index (χ3v) is 10.2. The molecular weight excluding hydrogens is 614 g/mol. The maximum atomic E-state index is 14.1. The first-order valence-corrected chi connectivity index (χ1v) is 16.4. The molecule has 13 nitrogen and oxygen atoms in total. The molecule has 2 aromatic heterocycles. The van der Waals surface area contributed by atoms with E-state index in [2.05, 4.69) is 10.3 Å². The number of hydrogen-bond donors (Lipinski definition) is 3. The zero-order valence-electron chi connectivity index (χ0n) is 26.8. The molecule has 0 radical (unpaired) electrons. The van der Waals surface area contributed by atoms with Crippen molar-refractivity contribution in [2.45, 2.75) is 37.3 Å². The van der Waals surface area contributed by atoms with E-state index in [-0.39, 0.29) is 42.3 Å². The Morgan fingerprint density at radius 3 is 2.52 bits per heavy atom. The van der Waals surface area contributed by atoms with E-state index >= 15 is 0 Å². The molecule has 0 unspecified atom stereocenters. The zero-order chi connectivity index (χ0) is 33.6. The van der Waals surface area contributed by atoms with Gasteiger partial charge < -0.3 is 29.9 Å². The minimum absolute atomic E-state index is 0.000467. The molecular formula is C35H39N7O6. The van der Waals surface area contributed by atoms with Crippen molar-refractivity contribution >= 4 is 40.3 Å². The second kappa shape index (κ2) is 12.5. The van der Waals surface area contributed by atoms with Crippen LogP contribution in [0.15, 0.2) is 71.9 Å². The van der Waals surface area contributed by atoms with Crippen molar-refractivity contribution in [1.82, 2.24) is 23.9 Å². The lowest BCUT2D eigenvalue weighted by molar-refractivity contribution is -0.142. The van der Waals surface area contributed by atoms with E-state index in [9.17, 15) is 29.4 Å². The number of anilines is 2. The number of aliphatic hydroxyl groups is 1. The molecule has 4 aromatic rings. The Bertz CT molecular complexity index is 1930. The fourth-order valence-corrected chi connectivity index (χ4v) is 7.46. The highest BCUT2D eigenvalue weighted by atomic mass is 16.4. The summed E-state index contributed by atoms with van der Waals surface area (Å²) in [7, 11) is 1.83. The highest BCUT2D eigenvalue weighted by Gasteiger charge is 2.42. The standard InChI is InChI=1S/C35H39N7O6/c1-38-14-9-26-30(38)37-22-41(33(26)45)21-35(48)11-16-39(17-12-35)32(44)25-10-15-40(20-27(25)23-5-3-2-4-6-23)31(43)24-7-8-28-29(19-24)42(34(46)47)18-13-36-28/h2-9,14,19,22,25,27,36,48H,10-13,15-18,20-21H2,1H3,(H,46,47)/t25-,27+/m1/s1. The molecule has 0 aliphatic carbocycles. The molecule has 0 saturated carbocycles. The number of aryl methyl sites for hydroxylation is 1. The van der Waals surface area contributed by atoms with Gasteiger partial charge in [-0.05, 0) is 49.1 Å². The number of nitrogens with zero attached hydrogens (tertiary/aromatic N) is 6. The van der Waals surface area contributed by atoms with Gasteiger partial charge in [-0.1, -0.05) is 30.3 Å². The molecule has 2 aromatic carbocycles. The van der Waals surface area contributed by atoms with Crippen molar-refractivity contribution in [3.8, 4) is 0 Å². The quantitative estimate of drug-likeness (QED) is 0.297. The van der Waals surface area contributed by atoms with Gasteiger partial charge in [0.2, 0.25) is 5.91 Å². The molecule has 3 aliphatic rings. The van der Waals surface area contributed by atoms with Crippen LogP contribution >= 0.6 is 0 Å². The number of rotatable bonds is 5. The number of piperidine rings is 2. The molecule has 250 valence electrons. The Hall–Kier alpha value is -5.17. The summed E-state index contributed by atoms with van der Waals surface area (Å²) >= 11 is 0. The third kappa shape index (κ3) is 5.78. The lowest BCUT2D eigenvalue weighted by Gasteiger charge is -2.43. The van der Waals surface area contributed by atoms with E-state index in [0.29, 0.717) is 80.0 Å². The molecule has 13 heteroatoms. The molecule has 3 aliphatic heterocycles. The van der Waals surface area contributed by atoms with Crippen LogP contribution in [-0.4, -0.2) is 96.9 Å². The minimum atomic E-state index is -1.15. The summed E-state index contributed by atoms with van der Waals surface area (Å²) in [6, 6.07) is 16.6. The van der Waals surface area contributed by atoms with Gasteiger partial charge in [0.15, 0.2) is 0 Å². The number of nitrogens with one attached hydrogen (secondary N) is 1. The Labute approximate surface area is 277 Å². The van der Waals surface area contributed by atoms with Crippen molar-refractivity contribution in [1.29, 1.82) is 0 Å². The van der Waals surface area contributed by atoms with E-state index in [0.717, 1.165) is 5.56 Å². The minimum Gasteiger partial charge on any atom is -0.465 e. The number of fused-ring (bicyclic) bond motifs is 2. The molecule has 0 bridgehead atoms. The van der Waals surface area contributed by atoms with Crippen LogP contribution in [0.4, 0.5) is 16.2 Å². The Kier molecular flexibility index (Phi) is 8.15. The Balaban J connectivity index is 1.05. The summed E-state index contributed by atoms with van der Waals surface area (Å²) < 4.78 is 3.24. The normalized spacial score (nSPS) is 20.7. The first kappa shape index (κ1) is 31.4. The van der Waals surface area contributed by atoms with Crippen LogP contribution in [-0.2, 0) is 18.4 Å². The van der Waals surface area contributed by atoms with Crippen LogP contribution in [0.5, 0.6) is 0 Å². The summed E-state index contributed by atoms with van der Waals surface area (Å²) in [6.45, 7) is 2.31. The summed E-state index contributed by atoms with van der Waals surface area (Å²) in [5.41, 5.74) is 1.73. The summed E-state index contributed by atoms with van der Waals surface area (Å²) in [6.07, 6.45) is 3.31. The number of hydrogen-bond acceptors (Lipinski definition) is 7. The zero-order valence-corrected chi connectivity index (χ0v) is 26.8. The molecule has 48 heavy (non-hydrogen) atoms. The van der Waals surface area contributed by atoms with E-state index in [1.165, 1.54) is 15.8 Å². The summed E-state index contributed by atoms with van der Waals surface area (Å²) in [5, 5.41) is 24.9. The van der Waals surface area contributed by atoms with Crippen LogP contribution in [0, 0.1) is 5.92 Å². The van der Waals surface area contributed by atoms with Gasteiger partial charge in [-0.2, -0.15) is 0 Å². The number of carboxylic acid groups (broad SMARTS) is 1. The van der Waals surface area contributed by atoms with Crippen LogP contribution in [0.3, 0.4) is 0 Å². The number of benzene rings is 2. The maximum Gasteiger partial charge on any atom is 0.411 e. The van der Waals surface area contributed by atoms with Gasteiger partial charge in [-0.25, -0.2) is 9.78 Å². The SMILES string of the molecule is Cn1ccc2c(=O)n(CC3(O)CCN(C(=O)[C@@H]4CCN(C(=O)c5ccc6c(c5)N(C(=O)O)CCN6)C[C@H]4c4ccccc4)CC3)cnc21. The Morgan fingerprint density at radius 2 is 1.77 bits per heavy atom. The topological polar surface area (TPSA) is 153 Å². The number of aromatic nitrogens is 3. The predicted octanol–water partition coefficient (Wildman–Crippen LogP) is 2.94. The van der Waals surface area contributed by atoms with Crippen LogP contribution in [0.2, 0.25) is 0 Å². The summed E-state index contributed by atoms with van der Waals surface area (Å²) in [5.74, 6) is -0.805. The monoisotopic (exact) mass is 653 g/mol. The van der Waals surface area contributed by atoms with Gasteiger partial charge in [-0.15, -0.1) is 0 Å². The van der Waals surface area contributed by atoms with E-state index < -0.39 is 11.7 Å². The lowest BCUT2D eigenvalue weighted by atomic mass is 9.79. The van der Waals surface area contributed by atoms with Gasteiger partial charge in [-0.3, -0.25) is 23.9 Å². The maximum absolute atomic E-state index is 14.1. The second-order valence-electron chi connectivity index (χ2n) is 13.1. The van der Waals surface area contributed by atoms with Crippen molar-refractivity contribution < 1.29 is 24.6 Å². The molecule has 2 saturated heterocycles. The lowest BCUT2D eigenvalue weighted by Crippen LogP contribution is -2.53.